The van der Waals surface area contributed by atoms with Gasteiger partial charge in [0, 0.05) is 52.5 Å². The van der Waals surface area contributed by atoms with E-state index < -0.39 is 0 Å². The second-order valence-corrected chi connectivity index (χ2v) is 6.57. The standard InChI is InChI=1S/C17H24N6O2/c1-20-6-3-14-15(20)18-13-19-16(14)21-4-2-5-22(8-7-21)17(24)23-9-11-25-12-10-23/h3,6,13H,2,4-5,7-12H2,1H3. The number of urea groups is 1. The number of morpholine rings is 1. The number of hydrogen-bond donors (Lipinski definition) is 0. The van der Waals surface area contributed by atoms with Crippen LogP contribution in [0.2, 0.25) is 0 Å². The van der Waals surface area contributed by atoms with Gasteiger partial charge in [0.15, 0.2) is 0 Å². The molecular formula is C17H24N6O2. The maximum Gasteiger partial charge on any atom is 0.320 e. The molecule has 2 amide bonds. The Bertz CT molecular complexity index is 755. The second-order valence-electron chi connectivity index (χ2n) is 6.57. The first-order valence-corrected chi connectivity index (χ1v) is 8.86. The zero-order valence-electron chi connectivity index (χ0n) is 14.6. The third-order valence-electron chi connectivity index (χ3n) is 4.99. The fourth-order valence-electron chi connectivity index (χ4n) is 3.59. The van der Waals surface area contributed by atoms with Gasteiger partial charge in [-0.3, -0.25) is 0 Å². The number of anilines is 1. The van der Waals surface area contributed by atoms with Crippen molar-refractivity contribution in [1.82, 2.24) is 24.3 Å². The summed E-state index contributed by atoms with van der Waals surface area (Å²) in [5, 5.41) is 1.07. The molecule has 4 rings (SSSR count). The number of aromatic nitrogens is 3. The van der Waals surface area contributed by atoms with E-state index in [-0.39, 0.29) is 6.03 Å². The Hall–Kier alpha value is -2.35. The lowest BCUT2D eigenvalue weighted by Crippen LogP contribution is -2.49. The highest BCUT2D eigenvalue weighted by molar-refractivity contribution is 5.87. The van der Waals surface area contributed by atoms with E-state index in [0.29, 0.717) is 32.8 Å². The smallest absolute Gasteiger partial charge is 0.320 e. The Morgan fingerprint density at radius 3 is 2.68 bits per heavy atom. The topological polar surface area (TPSA) is 66.7 Å². The number of fused-ring (bicyclic) bond motifs is 1. The molecule has 4 heterocycles. The average molecular weight is 344 g/mol. The number of carbonyl (C=O) groups is 1. The van der Waals surface area contributed by atoms with Gasteiger partial charge in [-0.1, -0.05) is 0 Å². The van der Waals surface area contributed by atoms with Crippen molar-refractivity contribution in [2.24, 2.45) is 7.05 Å². The number of rotatable bonds is 1. The zero-order valence-corrected chi connectivity index (χ0v) is 14.6. The molecule has 0 N–H and O–H groups in total. The van der Waals surface area contributed by atoms with E-state index in [1.807, 2.05) is 27.6 Å². The fourth-order valence-corrected chi connectivity index (χ4v) is 3.59. The first-order chi connectivity index (χ1) is 12.2. The molecule has 2 saturated heterocycles. The number of ether oxygens (including phenoxy) is 1. The van der Waals surface area contributed by atoms with E-state index in [4.69, 9.17) is 4.74 Å². The van der Waals surface area contributed by atoms with Crippen LogP contribution in [0, 0.1) is 0 Å². The van der Waals surface area contributed by atoms with Gasteiger partial charge >= 0.3 is 6.03 Å². The van der Waals surface area contributed by atoms with Crippen LogP contribution in [0.3, 0.4) is 0 Å². The van der Waals surface area contributed by atoms with Crippen LogP contribution in [0.4, 0.5) is 10.6 Å². The van der Waals surface area contributed by atoms with Crippen molar-refractivity contribution in [3.05, 3.63) is 18.6 Å². The van der Waals surface area contributed by atoms with Crippen molar-refractivity contribution in [2.75, 3.05) is 57.4 Å². The van der Waals surface area contributed by atoms with E-state index in [1.165, 1.54) is 0 Å². The lowest BCUT2D eigenvalue weighted by molar-refractivity contribution is 0.0438. The summed E-state index contributed by atoms with van der Waals surface area (Å²) in [7, 11) is 1.99. The molecule has 0 bridgehead atoms. The lowest BCUT2D eigenvalue weighted by Gasteiger charge is -2.32. The summed E-state index contributed by atoms with van der Waals surface area (Å²) in [4.78, 5) is 27.7. The zero-order chi connectivity index (χ0) is 17.2. The fraction of sp³-hybridized carbons (Fsp3) is 0.588. The van der Waals surface area contributed by atoms with Crippen molar-refractivity contribution < 1.29 is 9.53 Å². The average Bonchev–Trinajstić information content (AvgIpc) is 2.89. The van der Waals surface area contributed by atoms with E-state index in [2.05, 4.69) is 20.9 Å². The minimum atomic E-state index is 0.137. The van der Waals surface area contributed by atoms with Crippen LogP contribution in [-0.4, -0.2) is 82.8 Å². The summed E-state index contributed by atoms with van der Waals surface area (Å²) < 4.78 is 7.35. The monoisotopic (exact) mass is 344 g/mol. The molecule has 2 aromatic rings. The van der Waals surface area contributed by atoms with Gasteiger partial charge in [-0.2, -0.15) is 0 Å². The van der Waals surface area contributed by atoms with Gasteiger partial charge in [0.05, 0.1) is 18.6 Å². The van der Waals surface area contributed by atoms with Crippen molar-refractivity contribution >= 4 is 22.9 Å². The Morgan fingerprint density at radius 2 is 1.84 bits per heavy atom. The molecule has 0 unspecified atom stereocenters. The minimum Gasteiger partial charge on any atom is -0.378 e. The van der Waals surface area contributed by atoms with Gasteiger partial charge < -0.3 is 24.0 Å². The molecule has 0 aliphatic carbocycles. The SMILES string of the molecule is Cn1ccc2c(N3CCCN(C(=O)N4CCOCC4)CC3)ncnc21. The quantitative estimate of drug-likeness (QED) is 0.770. The Labute approximate surface area is 147 Å². The lowest BCUT2D eigenvalue weighted by atomic mass is 10.3. The van der Waals surface area contributed by atoms with Crippen molar-refractivity contribution in [1.29, 1.82) is 0 Å². The third-order valence-corrected chi connectivity index (χ3v) is 4.99. The molecule has 2 aliphatic rings. The van der Waals surface area contributed by atoms with Gasteiger partial charge in [-0.05, 0) is 12.5 Å². The van der Waals surface area contributed by atoms with Crippen molar-refractivity contribution in [3.8, 4) is 0 Å². The van der Waals surface area contributed by atoms with Crippen LogP contribution in [0.25, 0.3) is 11.0 Å². The summed E-state index contributed by atoms with van der Waals surface area (Å²) in [5.74, 6) is 0.964. The summed E-state index contributed by atoms with van der Waals surface area (Å²) in [6.45, 7) is 5.84. The van der Waals surface area contributed by atoms with E-state index >= 15 is 0 Å². The van der Waals surface area contributed by atoms with Gasteiger partial charge in [0.25, 0.3) is 0 Å². The van der Waals surface area contributed by atoms with Crippen molar-refractivity contribution in [2.45, 2.75) is 6.42 Å². The highest BCUT2D eigenvalue weighted by Gasteiger charge is 2.26. The van der Waals surface area contributed by atoms with Crippen LogP contribution in [0.15, 0.2) is 18.6 Å². The van der Waals surface area contributed by atoms with E-state index in [0.717, 1.165) is 42.9 Å². The predicted octanol–water partition coefficient (Wildman–Crippen LogP) is 0.933. The summed E-state index contributed by atoms with van der Waals surface area (Å²) in [6, 6.07) is 2.20. The number of carbonyl (C=O) groups excluding carboxylic acids is 1. The maximum atomic E-state index is 12.7. The molecule has 2 fully saturated rings. The molecule has 0 atom stereocenters. The number of amides is 2. The summed E-state index contributed by atoms with van der Waals surface area (Å²) in [5.41, 5.74) is 0.940. The highest BCUT2D eigenvalue weighted by atomic mass is 16.5. The predicted molar refractivity (Wildman–Crippen MR) is 94.7 cm³/mol. The Morgan fingerprint density at radius 1 is 1.04 bits per heavy atom. The molecule has 0 radical (unpaired) electrons. The normalized spacial score (nSPS) is 19.3. The molecule has 25 heavy (non-hydrogen) atoms. The molecule has 2 aromatic heterocycles. The minimum absolute atomic E-state index is 0.137. The van der Waals surface area contributed by atoms with Gasteiger partial charge in [0.1, 0.15) is 17.8 Å². The molecule has 8 heteroatoms. The maximum absolute atomic E-state index is 12.7. The van der Waals surface area contributed by atoms with Gasteiger partial charge in [-0.25, -0.2) is 14.8 Å². The molecule has 8 nitrogen and oxygen atoms in total. The third kappa shape index (κ3) is 3.13. The molecule has 0 aromatic carbocycles. The van der Waals surface area contributed by atoms with Gasteiger partial charge in [0.2, 0.25) is 0 Å². The second kappa shape index (κ2) is 6.87. The Balaban J connectivity index is 1.48. The van der Waals surface area contributed by atoms with Gasteiger partial charge in [-0.15, -0.1) is 0 Å². The first kappa shape index (κ1) is 16.1. The summed E-state index contributed by atoms with van der Waals surface area (Å²) >= 11 is 0. The van der Waals surface area contributed by atoms with Crippen molar-refractivity contribution in [3.63, 3.8) is 0 Å². The molecular weight excluding hydrogens is 320 g/mol. The van der Waals surface area contributed by atoms with Crippen LogP contribution < -0.4 is 4.90 Å². The highest BCUT2D eigenvalue weighted by Crippen LogP contribution is 2.24. The summed E-state index contributed by atoms with van der Waals surface area (Å²) in [6.07, 6.45) is 4.57. The Kier molecular flexibility index (Phi) is 4.44. The van der Waals surface area contributed by atoms with E-state index in [9.17, 15) is 4.79 Å². The molecule has 134 valence electrons. The molecule has 0 spiro atoms. The number of nitrogens with zero attached hydrogens (tertiary/aromatic N) is 6. The molecule has 0 saturated carbocycles. The van der Waals surface area contributed by atoms with Crippen LogP contribution in [0.1, 0.15) is 6.42 Å². The first-order valence-electron chi connectivity index (χ1n) is 8.86. The largest absolute Gasteiger partial charge is 0.378 e. The number of hydrogen-bond acceptors (Lipinski definition) is 5. The van der Waals surface area contributed by atoms with Crippen LogP contribution in [-0.2, 0) is 11.8 Å². The number of aryl methyl sites for hydroxylation is 1. The van der Waals surface area contributed by atoms with Crippen LogP contribution in [0.5, 0.6) is 0 Å². The molecule has 2 aliphatic heterocycles. The van der Waals surface area contributed by atoms with Crippen LogP contribution >= 0.6 is 0 Å². The van der Waals surface area contributed by atoms with E-state index in [1.54, 1.807) is 6.33 Å².